The predicted octanol–water partition coefficient (Wildman–Crippen LogP) is 0.906. The molecule has 0 saturated heterocycles. The summed E-state index contributed by atoms with van der Waals surface area (Å²) in [5.74, 6) is -0.366. The molecule has 5 heteroatoms. The Hall–Kier alpha value is -1.75. The van der Waals surface area contributed by atoms with Crippen molar-refractivity contribution < 1.29 is 19.4 Å². The first-order valence-electron chi connectivity index (χ1n) is 5.26. The van der Waals surface area contributed by atoms with Crippen LogP contribution in [0.1, 0.15) is 5.56 Å². The summed E-state index contributed by atoms with van der Waals surface area (Å²) in [6.45, 7) is 0.0930. The van der Waals surface area contributed by atoms with Gasteiger partial charge < -0.3 is 20.3 Å². The van der Waals surface area contributed by atoms with E-state index in [1.54, 1.807) is 19.2 Å². The Morgan fingerprint density at radius 3 is 2.59 bits per heavy atom. The minimum absolute atomic E-state index is 0.0930. The number of hydrogen-bond donors (Lipinski definition) is 2. The zero-order chi connectivity index (χ0) is 12.8. The van der Waals surface area contributed by atoms with Crippen molar-refractivity contribution in [2.75, 3.05) is 20.8 Å². The van der Waals surface area contributed by atoms with E-state index in [4.69, 9.17) is 20.3 Å². The summed E-state index contributed by atoms with van der Waals surface area (Å²) in [6, 6.07) is 5.37. The van der Waals surface area contributed by atoms with Crippen LogP contribution < -0.4 is 15.2 Å². The van der Waals surface area contributed by atoms with Gasteiger partial charge in [-0.3, -0.25) is 4.79 Å². The van der Waals surface area contributed by atoms with Gasteiger partial charge in [-0.2, -0.15) is 0 Å². The summed E-state index contributed by atoms with van der Waals surface area (Å²) < 4.78 is 10.4. The monoisotopic (exact) mass is 239 g/mol. The second kappa shape index (κ2) is 6.10. The molecule has 94 valence electrons. The standard InChI is InChI=1S/C12H17NO4/c1-16-10-5-3-4-8(11(10)17-2)6-9(7-13)12(14)15/h3-5,9H,6-7,13H2,1-2H3,(H,14,15). The van der Waals surface area contributed by atoms with Gasteiger partial charge in [0.2, 0.25) is 0 Å². The summed E-state index contributed by atoms with van der Waals surface area (Å²) in [5.41, 5.74) is 6.21. The van der Waals surface area contributed by atoms with E-state index in [1.807, 2.05) is 6.07 Å². The summed E-state index contributed by atoms with van der Waals surface area (Å²) in [5, 5.41) is 8.97. The zero-order valence-electron chi connectivity index (χ0n) is 9.97. The number of nitrogens with two attached hydrogens (primary N) is 1. The number of methoxy groups -OCH3 is 2. The number of benzene rings is 1. The summed E-state index contributed by atoms with van der Waals surface area (Å²) in [4.78, 5) is 10.9. The lowest BCUT2D eigenvalue weighted by atomic mass is 9.98. The molecule has 0 amide bonds. The van der Waals surface area contributed by atoms with Crippen molar-refractivity contribution in [3.8, 4) is 11.5 Å². The van der Waals surface area contributed by atoms with Crippen molar-refractivity contribution in [2.45, 2.75) is 6.42 Å². The van der Waals surface area contributed by atoms with Gasteiger partial charge in [0, 0.05) is 6.54 Å². The van der Waals surface area contributed by atoms with E-state index in [0.717, 1.165) is 5.56 Å². The van der Waals surface area contributed by atoms with Crippen LogP contribution >= 0.6 is 0 Å². The first-order valence-corrected chi connectivity index (χ1v) is 5.26. The fourth-order valence-electron chi connectivity index (χ4n) is 1.65. The van der Waals surface area contributed by atoms with Gasteiger partial charge in [0.1, 0.15) is 0 Å². The Balaban J connectivity index is 3.01. The number of ether oxygens (including phenoxy) is 2. The first kappa shape index (κ1) is 13.3. The molecule has 0 saturated carbocycles. The highest BCUT2D eigenvalue weighted by molar-refractivity contribution is 5.71. The Morgan fingerprint density at radius 2 is 2.12 bits per heavy atom. The molecule has 5 nitrogen and oxygen atoms in total. The fourth-order valence-corrected chi connectivity index (χ4v) is 1.65. The Morgan fingerprint density at radius 1 is 1.41 bits per heavy atom. The van der Waals surface area contributed by atoms with E-state index >= 15 is 0 Å². The number of aliphatic carboxylic acids is 1. The molecule has 1 rings (SSSR count). The van der Waals surface area contributed by atoms with E-state index in [1.165, 1.54) is 7.11 Å². The molecule has 1 aromatic carbocycles. The third-order valence-electron chi connectivity index (χ3n) is 2.58. The molecule has 0 aliphatic heterocycles. The smallest absolute Gasteiger partial charge is 0.308 e. The minimum Gasteiger partial charge on any atom is -0.493 e. The molecule has 0 aliphatic rings. The molecular formula is C12H17NO4. The molecule has 0 aliphatic carbocycles. The van der Waals surface area contributed by atoms with E-state index < -0.39 is 11.9 Å². The highest BCUT2D eigenvalue weighted by Gasteiger charge is 2.19. The molecule has 1 unspecified atom stereocenters. The highest BCUT2D eigenvalue weighted by atomic mass is 16.5. The molecule has 0 fully saturated rings. The van der Waals surface area contributed by atoms with Crippen molar-refractivity contribution in [1.82, 2.24) is 0 Å². The van der Waals surface area contributed by atoms with Gasteiger partial charge in [-0.1, -0.05) is 12.1 Å². The van der Waals surface area contributed by atoms with Crippen LogP contribution in [-0.4, -0.2) is 31.8 Å². The van der Waals surface area contributed by atoms with E-state index in [9.17, 15) is 4.79 Å². The summed E-state index contributed by atoms with van der Waals surface area (Å²) >= 11 is 0. The van der Waals surface area contributed by atoms with Crippen LogP contribution in [0.4, 0.5) is 0 Å². The average Bonchev–Trinajstić information content (AvgIpc) is 2.34. The number of para-hydroxylation sites is 1. The summed E-state index contributed by atoms with van der Waals surface area (Å²) in [6.07, 6.45) is 0.326. The fraction of sp³-hybridized carbons (Fsp3) is 0.417. The van der Waals surface area contributed by atoms with Gasteiger partial charge in [-0.05, 0) is 18.1 Å². The lowest BCUT2D eigenvalue weighted by molar-refractivity contribution is -0.141. The molecule has 0 bridgehead atoms. The molecule has 3 N–H and O–H groups in total. The topological polar surface area (TPSA) is 81.8 Å². The normalized spacial score (nSPS) is 11.9. The van der Waals surface area contributed by atoms with E-state index in [2.05, 4.69) is 0 Å². The van der Waals surface area contributed by atoms with E-state index in [0.29, 0.717) is 17.9 Å². The zero-order valence-corrected chi connectivity index (χ0v) is 9.97. The molecule has 17 heavy (non-hydrogen) atoms. The Kier molecular flexibility index (Phi) is 4.78. The number of carboxylic acids is 1. The van der Waals surface area contributed by atoms with Crippen molar-refractivity contribution in [3.63, 3.8) is 0 Å². The number of rotatable bonds is 6. The van der Waals surface area contributed by atoms with Crippen molar-refractivity contribution in [3.05, 3.63) is 23.8 Å². The number of carboxylic acid groups (broad SMARTS) is 1. The SMILES string of the molecule is COc1cccc(CC(CN)C(=O)O)c1OC. The molecule has 0 radical (unpaired) electrons. The van der Waals surface area contributed by atoms with Crippen LogP contribution in [0.2, 0.25) is 0 Å². The van der Waals surface area contributed by atoms with Crippen molar-refractivity contribution in [2.24, 2.45) is 11.7 Å². The van der Waals surface area contributed by atoms with Crippen molar-refractivity contribution >= 4 is 5.97 Å². The Bertz CT molecular complexity index is 392. The molecule has 1 aromatic rings. The molecule has 1 atom stereocenters. The van der Waals surface area contributed by atoms with Gasteiger partial charge in [0.15, 0.2) is 11.5 Å². The summed E-state index contributed by atoms with van der Waals surface area (Å²) in [7, 11) is 3.07. The maximum atomic E-state index is 10.9. The van der Waals surface area contributed by atoms with Gasteiger partial charge in [0.05, 0.1) is 20.1 Å². The molecule has 0 aromatic heterocycles. The van der Waals surface area contributed by atoms with Gasteiger partial charge in [-0.15, -0.1) is 0 Å². The van der Waals surface area contributed by atoms with Crippen molar-refractivity contribution in [1.29, 1.82) is 0 Å². The third-order valence-corrected chi connectivity index (χ3v) is 2.58. The second-order valence-electron chi connectivity index (χ2n) is 3.63. The largest absolute Gasteiger partial charge is 0.493 e. The maximum absolute atomic E-state index is 10.9. The van der Waals surface area contributed by atoms with Crippen LogP contribution in [0.5, 0.6) is 11.5 Å². The van der Waals surface area contributed by atoms with E-state index in [-0.39, 0.29) is 6.54 Å². The molecular weight excluding hydrogens is 222 g/mol. The number of carbonyl (C=O) groups is 1. The van der Waals surface area contributed by atoms with Crippen LogP contribution in [0.25, 0.3) is 0 Å². The average molecular weight is 239 g/mol. The third kappa shape index (κ3) is 3.10. The van der Waals surface area contributed by atoms with Crippen LogP contribution in [0.3, 0.4) is 0 Å². The van der Waals surface area contributed by atoms with Gasteiger partial charge >= 0.3 is 5.97 Å². The lowest BCUT2D eigenvalue weighted by Crippen LogP contribution is -2.25. The number of hydrogen-bond acceptors (Lipinski definition) is 4. The maximum Gasteiger partial charge on any atom is 0.308 e. The van der Waals surface area contributed by atoms with Gasteiger partial charge in [0.25, 0.3) is 0 Å². The molecule has 0 heterocycles. The molecule has 0 spiro atoms. The van der Waals surface area contributed by atoms with Crippen LogP contribution in [0.15, 0.2) is 18.2 Å². The predicted molar refractivity (Wildman–Crippen MR) is 63.4 cm³/mol. The quantitative estimate of drug-likeness (QED) is 0.771. The van der Waals surface area contributed by atoms with Crippen LogP contribution in [-0.2, 0) is 11.2 Å². The highest BCUT2D eigenvalue weighted by Crippen LogP contribution is 2.32. The second-order valence-corrected chi connectivity index (χ2v) is 3.63. The lowest BCUT2D eigenvalue weighted by Gasteiger charge is -2.15. The van der Waals surface area contributed by atoms with Gasteiger partial charge in [-0.25, -0.2) is 0 Å². The van der Waals surface area contributed by atoms with Crippen LogP contribution in [0, 0.1) is 5.92 Å². The Labute approximate surface area is 100 Å². The minimum atomic E-state index is -0.905. The first-order chi connectivity index (χ1) is 8.13.